The predicted octanol–water partition coefficient (Wildman–Crippen LogP) is 4.72. The molecule has 1 atom stereocenters. The summed E-state index contributed by atoms with van der Waals surface area (Å²) < 4.78 is 10.5. The van der Waals surface area contributed by atoms with Crippen molar-refractivity contribution in [3.05, 3.63) is 64.2 Å². The molecule has 7 heteroatoms. The van der Waals surface area contributed by atoms with Crippen molar-refractivity contribution in [2.75, 3.05) is 14.2 Å². The molecule has 1 heterocycles. The van der Waals surface area contributed by atoms with Gasteiger partial charge in [-0.15, -0.1) is 0 Å². The minimum atomic E-state index is -0.705. The minimum absolute atomic E-state index is 0.0391. The normalized spacial score (nSPS) is 21.0. The summed E-state index contributed by atoms with van der Waals surface area (Å²) in [5.41, 5.74) is 1.02. The first kappa shape index (κ1) is 21.2. The maximum absolute atomic E-state index is 13.2. The Hall–Kier alpha value is -2.99. The first-order chi connectivity index (χ1) is 15.0. The van der Waals surface area contributed by atoms with E-state index in [1.165, 1.54) is 7.11 Å². The Balaban J connectivity index is 1.90. The molecule has 1 N–H and O–H groups in total. The van der Waals surface area contributed by atoms with Crippen molar-refractivity contribution in [1.29, 1.82) is 0 Å². The van der Waals surface area contributed by atoms with E-state index in [0.29, 0.717) is 11.5 Å². The third-order valence-corrected chi connectivity index (χ3v) is 6.39. The molecule has 2 aromatic carbocycles. The fourth-order valence-electron chi connectivity index (χ4n) is 4.48. The van der Waals surface area contributed by atoms with Crippen LogP contribution >= 0.6 is 11.6 Å². The lowest BCUT2D eigenvalue weighted by atomic mass is 9.94. The van der Waals surface area contributed by atoms with Crippen molar-refractivity contribution in [3.8, 4) is 11.5 Å². The third kappa shape index (κ3) is 3.76. The Morgan fingerprint density at radius 1 is 1.00 bits per heavy atom. The van der Waals surface area contributed by atoms with E-state index in [2.05, 4.69) is 0 Å². The Bertz CT molecular complexity index is 1040. The first-order valence-corrected chi connectivity index (χ1v) is 10.6. The maximum atomic E-state index is 13.2. The number of aliphatic hydroxyl groups excluding tert-OH is 1. The van der Waals surface area contributed by atoms with E-state index in [1.54, 1.807) is 42.3 Å². The minimum Gasteiger partial charge on any atom is -0.507 e. The van der Waals surface area contributed by atoms with Crippen LogP contribution in [0.5, 0.6) is 11.5 Å². The number of amides is 1. The molecule has 0 radical (unpaired) electrons. The number of likely N-dealkylation sites (tertiary alicyclic amines) is 1. The van der Waals surface area contributed by atoms with E-state index in [-0.39, 0.29) is 28.0 Å². The molecule has 0 aromatic heterocycles. The van der Waals surface area contributed by atoms with Gasteiger partial charge in [-0.3, -0.25) is 9.59 Å². The van der Waals surface area contributed by atoms with Gasteiger partial charge in [0, 0.05) is 11.6 Å². The lowest BCUT2D eigenvalue weighted by Gasteiger charge is -2.30. The van der Waals surface area contributed by atoms with Crippen LogP contribution in [0.2, 0.25) is 5.02 Å². The average Bonchev–Trinajstić information content (AvgIpc) is 3.40. The molecule has 1 aliphatic carbocycles. The maximum Gasteiger partial charge on any atom is 0.295 e. The average molecular weight is 442 g/mol. The summed E-state index contributed by atoms with van der Waals surface area (Å²) in [5.74, 6) is -0.449. The summed E-state index contributed by atoms with van der Waals surface area (Å²) in [5, 5.41) is 11.5. The Morgan fingerprint density at radius 2 is 1.61 bits per heavy atom. The van der Waals surface area contributed by atoms with Gasteiger partial charge in [-0.1, -0.05) is 36.6 Å². The highest BCUT2D eigenvalue weighted by molar-refractivity contribution is 6.47. The molecule has 1 aliphatic heterocycles. The van der Waals surface area contributed by atoms with E-state index in [4.69, 9.17) is 21.1 Å². The van der Waals surface area contributed by atoms with Gasteiger partial charge in [0.25, 0.3) is 11.7 Å². The van der Waals surface area contributed by atoms with Gasteiger partial charge in [0.15, 0.2) is 0 Å². The van der Waals surface area contributed by atoms with Crippen LogP contribution < -0.4 is 9.47 Å². The number of benzene rings is 2. The van der Waals surface area contributed by atoms with Crippen molar-refractivity contribution in [2.24, 2.45) is 0 Å². The van der Waals surface area contributed by atoms with Gasteiger partial charge >= 0.3 is 0 Å². The van der Waals surface area contributed by atoms with Crippen molar-refractivity contribution in [3.63, 3.8) is 0 Å². The van der Waals surface area contributed by atoms with E-state index in [9.17, 15) is 14.7 Å². The first-order valence-electron chi connectivity index (χ1n) is 10.2. The van der Waals surface area contributed by atoms with Crippen LogP contribution in [-0.4, -0.2) is 42.0 Å². The van der Waals surface area contributed by atoms with Gasteiger partial charge in [-0.05, 0) is 48.7 Å². The Morgan fingerprint density at radius 3 is 2.23 bits per heavy atom. The lowest BCUT2D eigenvalue weighted by molar-refractivity contribution is -0.141. The molecule has 6 nitrogen and oxygen atoms in total. The standard InChI is InChI=1S/C24H24ClNO5/c1-30-16-9-7-14(8-10-16)21-20(22(27)18-13-17(31-2)11-12-19(18)25)23(28)24(29)26(21)15-5-3-4-6-15/h7-13,15,21,27H,3-6H2,1-2H3/b22-20+. The zero-order valence-corrected chi connectivity index (χ0v) is 18.2. The Kier molecular flexibility index (Phi) is 5.92. The third-order valence-electron chi connectivity index (χ3n) is 6.06. The van der Waals surface area contributed by atoms with Gasteiger partial charge in [0.2, 0.25) is 0 Å². The number of rotatable bonds is 5. The monoisotopic (exact) mass is 441 g/mol. The molecule has 0 bridgehead atoms. The van der Waals surface area contributed by atoms with Gasteiger partial charge in [-0.25, -0.2) is 0 Å². The van der Waals surface area contributed by atoms with Crippen LogP contribution in [-0.2, 0) is 9.59 Å². The van der Waals surface area contributed by atoms with E-state index in [1.807, 2.05) is 12.1 Å². The van der Waals surface area contributed by atoms with Crippen molar-refractivity contribution in [1.82, 2.24) is 4.90 Å². The van der Waals surface area contributed by atoms with Gasteiger partial charge < -0.3 is 19.5 Å². The van der Waals surface area contributed by atoms with Crippen molar-refractivity contribution in [2.45, 2.75) is 37.8 Å². The number of nitrogens with zero attached hydrogens (tertiary/aromatic N) is 1. The fourth-order valence-corrected chi connectivity index (χ4v) is 4.69. The molecule has 1 saturated carbocycles. The van der Waals surface area contributed by atoms with E-state index >= 15 is 0 Å². The van der Waals surface area contributed by atoms with Crippen molar-refractivity contribution < 1.29 is 24.2 Å². The summed E-state index contributed by atoms with van der Waals surface area (Å²) in [4.78, 5) is 27.9. The molecule has 1 saturated heterocycles. The van der Waals surface area contributed by atoms with Crippen LogP contribution in [0.25, 0.3) is 5.76 Å². The van der Waals surface area contributed by atoms with E-state index < -0.39 is 17.7 Å². The van der Waals surface area contributed by atoms with Gasteiger partial charge in [0.1, 0.15) is 17.3 Å². The quantitative estimate of drug-likeness (QED) is 0.412. The molecule has 4 rings (SSSR count). The van der Waals surface area contributed by atoms with Crippen LogP contribution in [0.3, 0.4) is 0 Å². The topological polar surface area (TPSA) is 76.1 Å². The number of ketones is 1. The number of halogens is 1. The molecule has 2 aliphatic rings. The molecule has 1 amide bonds. The molecule has 1 unspecified atom stereocenters. The zero-order valence-electron chi connectivity index (χ0n) is 17.4. The molecule has 31 heavy (non-hydrogen) atoms. The second-order valence-corrected chi connectivity index (χ2v) is 8.17. The number of carbonyl (C=O) groups is 2. The summed E-state index contributed by atoms with van der Waals surface area (Å²) in [7, 11) is 3.08. The number of Topliss-reactive ketones (excluding diaryl/α,β-unsaturated/α-hetero) is 1. The molecule has 0 spiro atoms. The van der Waals surface area contributed by atoms with Crippen molar-refractivity contribution >= 4 is 29.1 Å². The predicted molar refractivity (Wildman–Crippen MR) is 117 cm³/mol. The number of aliphatic hydroxyl groups is 1. The summed E-state index contributed by atoms with van der Waals surface area (Å²) >= 11 is 6.33. The highest BCUT2D eigenvalue weighted by Gasteiger charge is 2.49. The van der Waals surface area contributed by atoms with Crippen LogP contribution in [0.15, 0.2) is 48.0 Å². The number of ether oxygens (including phenoxy) is 2. The number of hydrogen-bond donors (Lipinski definition) is 1. The van der Waals surface area contributed by atoms with E-state index in [0.717, 1.165) is 31.2 Å². The fraction of sp³-hybridized carbons (Fsp3) is 0.333. The molecular weight excluding hydrogens is 418 g/mol. The van der Waals surface area contributed by atoms with Crippen LogP contribution in [0.1, 0.15) is 42.9 Å². The zero-order chi connectivity index (χ0) is 22.1. The summed E-state index contributed by atoms with van der Waals surface area (Å²) in [6.45, 7) is 0. The number of methoxy groups -OCH3 is 2. The Labute approximate surface area is 186 Å². The molecule has 162 valence electrons. The van der Waals surface area contributed by atoms with Gasteiger partial charge in [0.05, 0.1) is 30.9 Å². The summed E-state index contributed by atoms with van der Waals surface area (Å²) in [6, 6.07) is 11.3. The highest BCUT2D eigenvalue weighted by atomic mass is 35.5. The lowest BCUT2D eigenvalue weighted by Crippen LogP contribution is -2.37. The number of carbonyl (C=O) groups excluding carboxylic acids is 2. The van der Waals surface area contributed by atoms with Gasteiger partial charge in [-0.2, -0.15) is 0 Å². The second-order valence-electron chi connectivity index (χ2n) is 7.76. The summed E-state index contributed by atoms with van der Waals surface area (Å²) in [6.07, 6.45) is 3.68. The van der Waals surface area contributed by atoms with Crippen LogP contribution in [0.4, 0.5) is 0 Å². The smallest absolute Gasteiger partial charge is 0.295 e. The number of hydrogen-bond acceptors (Lipinski definition) is 5. The molecular formula is C24H24ClNO5. The largest absolute Gasteiger partial charge is 0.507 e. The highest BCUT2D eigenvalue weighted by Crippen LogP contribution is 2.44. The SMILES string of the molecule is COc1ccc(C2/C(=C(\O)c3cc(OC)ccc3Cl)C(=O)C(=O)N2C2CCCC2)cc1. The molecule has 2 aromatic rings. The second kappa shape index (κ2) is 8.63. The van der Waals surface area contributed by atoms with Crippen LogP contribution in [0, 0.1) is 0 Å². The molecule has 2 fully saturated rings.